The molecule has 2 aliphatic rings. The lowest BCUT2D eigenvalue weighted by Gasteiger charge is -2.47. The molecule has 1 saturated heterocycles. The van der Waals surface area contributed by atoms with Crippen LogP contribution in [0.3, 0.4) is 0 Å². The molecule has 160 valence electrons. The second kappa shape index (κ2) is 8.12. The maximum atomic E-state index is 9.52. The van der Waals surface area contributed by atoms with Crippen LogP contribution in [0, 0.1) is 12.3 Å². The van der Waals surface area contributed by atoms with Gasteiger partial charge in [-0.2, -0.15) is 5.10 Å². The second-order valence-corrected chi connectivity index (χ2v) is 10.5. The van der Waals surface area contributed by atoms with E-state index in [1.165, 1.54) is 20.9 Å². The Morgan fingerprint density at radius 2 is 2.17 bits per heavy atom. The van der Waals surface area contributed by atoms with Crippen molar-refractivity contribution in [2.24, 2.45) is 5.41 Å². The van der Waals surface area contributed by atoms with Crippen molar-refractivity contribution >= 4 is 11.3 Å². The zero-order valence-electron chi connectivity index (χ0n) is 17.7. The van der Waals surface area contributed by atoms with Crippen LogP contribution in [0.1, 0.15) is 47.6 Å². The van der Waals surface area contributed by atoms with Gasteiger partial charge in [-0.15, -0.1) is 11.3 Å². The molecule has 2 atom stereocenters. The Balaban J connectivity index is 1.42. The smallest absolute Gasteiger partial charge is 0.105 e. The average molecular weight is 420 g/mol. The van der Waals surface area contributed by atoms with Crippen molar-refractivity contribution in [1.82, 2.24) is 14.7 Å². The summed E-state index contributed by atoms with van der Waals surface area (Å²) in [6.07, 6.45) is 7.05. The van der Waals surface area contributed by atoms with Crippen molar-refractivity contribution in [2.75, 3.05) is 26.4 Å². The van der Waals surface area contributed by atoms with Crippen LogP contribution in [0.5, 0.6) is 0 Å². The number of thiophene rings is 1. The molecule has 4 rings (SSSR count). The molecule has 0 bridgehead atoms. The fourth-order valence-electron chi connectivity index (χ4n) is 4.74. The predicted octanol–water partition coefficient (Wildman–Crippen LogP) is 2.70. The quantitative estimate of drug-likeness (QED) is 0.753. The van der Waals surface area contributed by atoms with Gasteiger partial charge in [0.25, 0.3) is 0 Å². The predicted molar refractivity (Wildman–Crippen MR) is 114 cm³/mol. The second-order valence-electron chi connectivity index (χ2n) is 9.25. The molecule has 0 saturated carbocycles. The number of aliphatic hydroxyl groups excluding tert-OH is 2. The van der Waals surface area contributed by atoms with Crippen molar-refractivity contribution in [3.8, 4) is 0 Å². The SMILES string of the molecule is Cc1cc2c(s1)[C@]1(CCN(Cc3cnn(CC(C)(CO)CO)c3)[C@@H](C)C1)OCC2. The highest BCUT2D eigenvalue weighted by Gasteiger charge is 2.44. The molecule has 4 heterocycles. The minimum atomic E-state index is -0.553. The summed E-state index contributed by atoms with van der Waals surface area (Å²) in [6.45, 7) is 9.46. The fourth-order valence-corrected chi connectivity index (χ4v) is 5.98. The molecule has 2 aromatic rings. The van der Waals surface area contributed by atoms with Gasteiger partial charge in [-0.25, -0.2) is 0 Å². The zero-order valence-corrected chi connectivity index (χ0v) is 18.5. The Morgan fingerprint density at radius 1 is 1.38 bits per heavy atom. The number of aromatic nitrogens is 2. The Hall–Kier alpha value is -1.25. The first kappa shape index (κ1) is 21.0. The number of aryl methyl sites for hydroxylation is 1. The van der Waals surface area contributed by atoms with Crippen LogP contribution < -0.4 is 0 Å². The summed E-state index contributed by atoms with van der Waals surface area (Å²) >= 11 is 1.92. The van der Waals surface area contributed by atoms with Gasteiger partial charge in [0.05, 0.1) is 32.6 Å². The van der Waals surface area contributed by atoms with Gasteiger partial charge in [-0.3, -0.25) is 9.58 Å². The van der Waals surface area contributed by atoms with Crippen LogP contribution in [0.4, 0.5) is 0 Å². The minimum absolute atomic E-state index is 0.0614. The van der Waals surface area contributed by atoms with Gasteiger partial charge in [0, 0.05) is 46.1 Å². The van der Waals surface area contributed by atoms with Gasteiger partial charge in [0.15, 0.2) is 0 Å². The number of aliphatic hydroxyl groups is 2. The number of likely N-dealkylation sites (tertiary alicyclic amines) is 1. The molecule has 0 amide bonds. The van der Waals surface area contributed by atoms with E-state index in [1.807, 2.05) is 35.3 Å². The lowest BCUT2D eigenvalue weighted by Crippen LogP contribution is -2.49. The van der Waals surface area contributed by atoms with Crippen molar-refractivity contribution in [2.45, 2.75) is 64.8 Å². The highest BCUT2D eigenvalue weighted by Crippen LogP contribution is 2.47. The number of hydrogen-bond acceptors (Lipinski definition) is 6. The van der Waals surface area contributed by atoms with E-state index in [-0.39, 0.29) is 18.8 Å². The molecule has 1 fully saturated rings. The molecular weight excluding hydrogens is 386 g/mol. The molecule has 2 aromatic heterocycles. The lowest BCUT2D eigenvalue weighted by atomic mass is 9.82. The highest BCUT2D eigenvalue weighted by atomic mass is 32.1. The highest BCUT2D eigenvalue weighted by molar-refractivity contribution is 7.12. The Morgan fingerprint density at radius 3 is 2.90 bits per heavy atom. The van der Waals surface area contributed by atoms with Gasteiger partial charge < -0.3 is 14.9 Å². The molecule has 2 aliphatic heterocycles. The maximum Gasteiger partial charge on any atom is 0.105 e. The number of rotatable bonds is 6. The zero-order chi connectivity index (χ0) is 20.6. The first-order chi connectivity index (χ1) is 13.9. The summed E-state index contributed by atoms with van der Waals surface area (Å²) in [6, 6.07) is 2.78. The van der Waals surface area contributed by atoms with Crippen LogP contribution in [0.2, 0.25) is 0 Å². The van der Waals surface area contributed by atoms with Crippen molar-refractivity contribution in [3.63, 3.8) is 0 Å². The number of ether oxygens (including phenoxy) is 1. The number of hydrogen-bond donors (Lipinski definition) is 2. The maximum absolute atomic E-state index is 9.52. The molecule has 29 heavy (non-hydrogen) atoms. The summed E-state index contributed by atoms with van der Waals surface area (Å²) in [4.78, 5) is 5.37. The van der Waals surface area contributed by atoms with E-state index in [0.717, 1.165) is 39.0 Å². The first-order valence-electron chi connectivity index (χ1n) is 10.6. The summed E-state index contributed by atoms with van der Waals surface area (Å²) in [7, 11) is 0. The standard InChI is InChI=1S/C22H33N3O3S/c1-16-9-22(20-19(4-7-28-22)8-17(2)29-20)5-6-24(16)11-18-10-23-25(12-18)13-21(3,14-26)15-27/h8,10,12,16,26-27H,4-7,9,11,13-15H2,1-3H3/t16-,22+/m0/s1. The van der Waals surface area contributed by atoms with Crippen LogP contribution in [0.15, 0.2) is 18.5 Å². The Kier molecular flexibility index (Phi) is 5.88. The normalized spacial score (nSPS) is 25.5. The first-order valence-corrected chi connectivity index (χ1v) is 11.4. The summed E-state index contributed by atoms with van der Waals surface area (Å²) in [5.74, 6) is 0. The average Bonchev–Trinajstić information content (AvgIpc) is 3.30. The Labute approximate surface area is 177 Å². The van der Waals surface area contributed by atoms with Gasteiger partial charge in [-0.05, 0) is 44.7 Å². The number of nitrogens with zero attached hydrogens (tertiary/aromatic N) is 3. The molecule has 1 spiro atoms. The summed E-state index contributed by atoms with van der Waals surface area (Å²) in [5.41, 5.74) is 2.01. The molecule has 0 aromatic carbocycles. The van der Waals surface area contributed by atoms with E-state index in [4.69, 9.17) is 4.74 Å². The van der Waals surface area contributed by atoms with E-state index >= 15 is 0 Å². The molecule has 0 aliphatic carbocycles. The van der Waals surface area contributed by atoms with Gasteiger partial charge in [0.2, 0.25) is 0 Å². The Bertz CT molecular complexity index is 844. The van der Waals surface area contributed by atoms with E-state index in [9.17, 15) is 10.2 Å². The monoisotopic (exact) mass is 419 g/mol. The van der Waals surface area contributed by atoms with Crippen molar-refractivity contribution in [3.05, 3.63) is 39.3 Å². The third-order valence-corrected chi connectivity index (χ3v) is 7.80. The van der Waals surface area contributed by atoms with Crippen LogP contribution in [-0.4, -0.2) is 57.3 Å². The molecular formula is C22H33N3O3S. The number of piperidine rings is 1. The lowest BCUT2D eigenvalue weighted by molar-refractivity contribution is -0.110. The van der Waals surface area contributed by atoms with Crippen LogP contribution in [-0.2, 0) is 29.8 Å². The molecule has 6 nitrogen and oxygen atoms in total. The number of fused-ring (bicyclic) bond motifs is 2. The van der Waals surface area contributed by atoms with Crippen molar-refractivity contribution in [1.29, 1.82) is 0 Å². The van der Waals surface area contributed by atoms with Crippen LogP contribution >= 0.6 is 11.3 Å². The summed E-state index contributed by atoms with van der Waals surface area (Å²) < 4.78 is 8.25. The topological polar surface area (TPSA) is 70.8 Å². The van der Waals surface area contributed by atoms with Crippen molar-refractivity contribution < 1.29 is 14.9 Å². The molecule has 2 N–H and O–H groups in total. The molecule has 0 radical (unpaired) electrons. The van der Waals surface area contributed by atoms with Crippen LogP contribution in [0.25, 0.3) is 0 Å². The minimum Gasteiger partial charge on any atom is -0.396 e. The molecule has 7 heteroatoms. The van der Waals surface area contributed by atoms with Gasteiger partial charge in [0.1, 0.15) is 5.60 Å². The summed E-state index contributed by atoms with van der Waals surface area (Å²) in [5, 5.41) is 23.5. The van der Waals surface area contributed by atoms with E-state index in [0.29, 0.717) is 12.6 Å². The third-order valence-electron chi connectivity index (χ3n) is 6.53. The van der Waals surface area contributed by atoms with Gasteiger partial charge in [-0.1, -0.05) is 6.92 Å². The largest absolute Gasteiger partial charge is 0.396 e. The van der Waals surface area contributed by atoms with Gasteiger partial charge >= 0.3 is 0 Å². The fraction of sp³-hybridized carbons (Fsp3) is 0.682. The van der Waals surface area contributed by atoms with E-state index < -0.39 is 5.41 Å². The third kappa shape index (κ3) is 4.16. The molecule has 0 unspecified atom stereocenters. The van der Waals surface area contributed by atoms with E-state index in [2.05, 4.69) is 29.9 Å². The van der Waals surface area contributed by atoms with E-state index in [1.54, 1.807) is 0 Å².